The second-order valence-electron chi connectivity index (χ2n) is 4.74. The number of hydrazone groups is 1. The van der Waals surface area contributed by atoms with Gasteiger partial charge in [-0.3, -0.25) is 4.79 Å². The number of hydrogen-bond acceptors (Lipinski definition) is 5. The molecule has 2 atom stereocenters. The molecule has 0 spiro atoms. The van der Waals surface area contributed by atoms with Crippen molar-refractivity contribution < 1.29 is 9.53 Å². The van der Waals surface area contributed by atoms with Crippen LogP contribution in [0.25, 0.3) is 0 Å². The molecule has 0 saturated carbocycles. The van der Waals surface area contributed by atoms with Gasteiger partial charge in [0.1, 0.15) is 11.7 Å². The zero-order chi connectivity index (χ0) is 15.4. The van der Waals surface area contributed by atoms with E-state index in [0.29, 0.717) is 11.5 Å². The third kappa shape index (κ3) is 2.70. The molecular weight excluding hydrogens is 268 g/mol. The van der Waals surface area contributed by atoms with Gasteiger partial charge in [-0.1, -0.05) is 12.1 Å². The first-order chi connectivity index (χ1) is 10.1. The smallest absolute Gasteiger partial charge is 0.249 e. The van der Waals surface area contributed by atoms with E-state index in [4.69, 9.17) is 4.74 Å². The fraction of sp³-hybridized carbons (Fsp3) is 0.333. The number of ether oxygens (including phenoxy) is 1. The first-order valence-electron chi connectivity index (χ1n) is 6.39. The van der Waals surface area contributed by atoms with Crippen LogP contribution in [0.4, 0.5) is 0 Å². The van der Waals surface area contributed by atoms with Gasteiger partial charge >= 0.3 is 0 Å². The van der Waals surface area contributed by atoms with Crippen molar-refractivity contribution in [3.63, 3.8) is 0 Å². The Kier molecular flexibility index (Phi) is 4.20. The number of hydrogen-bond donors (Lipinski definition) is 1. The van der Waals surface area contributed by atoms with Gasteiger partial charge in [0.25, 0.3) is 0 Å². The van der Waals surface area contributed by atoms with Crippen LogP contribution in [0.2, 0.25) is 0 Å². The number of rotatable bonds is 4. The van der Waals surface area contributed by atoms with Gasteiger partial charge in [0, 0.05) is 11.6 Å². The Morgan fingerprint density at radius 3 is 2.33 bits per heavy atom. The predicted molar refractivity (Wildman–Crippen MR) is 75.2 cm³/mol. The monoisotopic (exact) mass is 282 g/mol. The van der Waals surface area contributed by atoms with Gasteiger partial charge in [0.05, 0.1) is 25.2 Å². The number of nitrogens with one attached hydrogen (secondary N) is 1. The van der Waals surface area contributed by atoms with Crippen LogP contribution >= 0.6 is 0 Å². The molecule has 21 heavy (non-hydrogen) atoms. The van der Waals surface area contributed by atoms with Gasteiger partial charge in [0.2, 0.25) is 5.91 Å². The largest absolute Gasteiger partial charge is 0.497 e. The van der Waals surface area contributed by atoms with E-state index < -0.39 is 17.8 Å². The molecule has 0 saturated heterocycles. The molecule has 1 aromatic rings. The topological polar surface area (TPSA) is 98.3 Å². The van der Waals surface area contributed by atoms with Crippen molar-refractivity contribution in [2.45, 2.75) is 12.8 Å². The zero-order valence-corrected chi connectivity index (χ0v) is 11.7. The van der Waals surface area contributed by atoms with Crippen LogP contribution in [-0.4, -0.2) is 18.7 Å². The molecule has 6 nitrogen and oxygen atoms in total. The molecule has 0 bridgehead atoms. The van der Waals surface area contributed by atoms with Crippen LogP contribution in [0, 0.1) is 34.5 Å². The minimum absolute atomic E-state index is 0.288. The summed E-state index contributed by atoms with van der Waals surface area (Å²) in [6, 6.07) is 11.0. The molecule has 2 rings (SSSR count). The molecule has 1 aliphatic heterocycles. The highest BCUT2D eigenvalue weighted by Crippen LogP contribution is 2.35. The molecule has 0 fully saturated rings. The zero-order valence-electron chi connectivity index (χ0n) is 11.7. The van der Waals surface area contributed by atoms with E-state index in [1.807, 2.05) is 12.1 Å². The van der Waals surface area contributed by atoms with E-state index in [2.05, 4.69) is 10.5 Å². The number of amides is 1. The van der Waals surface area contributed by atoms with E-state index in [-0.39, 0.29) is 5.91 Å². The lowest BCUT2D eigenvalue weighted by Crippen LogP contribution is -2.32. The van der Waals surface area contributed by atoms with E-state index in [0.717, 1.165) is 5.56 Å². The van der Waals surface area contributed by atoms with Crippen molar-refractivity contribution in [3.05, 3.63) is 29.8 Å². The van der Waals surface area contributed by atoms with E-state index in [1.165, 1.54) is 0 Å². The molecule has 0 unspecified atom stereocenters. The second kappa shape index (κ2) is 6.06. The van der Waals surface area contributed by atoms with E-state index in [1.54, 1.807) is 38.3 Å². The summed E-state index contributed by atoms with van der Waals surface area (Å²) >= 11 is 0. The van der Waals surface area contributed by atoms with E-state index in [9.17, 15) is 15.3 Å². The van der Waals surface area contributed by atoms with Crippen molar-refractivity contribution in [3.8, 4) is 17.9 Å². The fourth-order valence-corrected chi connectivity index (χ4v) is 2.49. The molecule has 0 radical (unpaired) electrons. The van der Waals surface area contributed by atoms with Gasteiger partial charge in [0.15, 0.2) is 0 Å². The molecule has 1 N–H and O–H groups in total. The van der Waals surface area contributed by atoms with Crippen LogP contribution in [0.1, 0.15) is 18.4 Å². The van der Waals surface area contributed by atoms with Gasteiger partial charge in [-0.2, -0.15) is 15.6 Å². The van der Waals surface area contributed by atoms with Crippen molar-refractivity contribution in [2.75, 3.05) is 7.11 Å². The maximum absolute atomic E-state index is 12.0. The number of methoxy groups -OCH3 is 1. The summed E-state index contributed by atoms with van der Waals surface area (Å²) in [5.74, 6) is -1.72. The Hall–Kier alpha value is -2.86. The lowest BCUT2D eigenvalue weighted by Gasteiger charge is -2.23. The number of nitrogens with zero attached hydrogens (tertiary/aromatic N) is 3. The summed E-state index contributed by atoms with van der Waals surface area (Å²) in [5.41, 5.74) is 3.72. The lowest BCUT2D eigenvalue weighted by atomic mass is 9.76. The van der Waals surface area contributed by atoms with Crippen molar-refractivity contribution in [1.29, 1.82) is 10.5 Å². The summed E-state index contributed by atoms with van der Waals surface area (Å²) in [7, 11) is 1.56. The molecule has 106 valence electrons. The minimum Gasteiger partial charge on any atom is -0.497 e. The first-order valence-corrected chi connectivity index (χ1v) is 6.39. The molecule has 1 heterocycles. The normalized spacial score (nSPS) is 18.4. The maximum atomic E-state index is 12.0. The summed E-state index contributed by atoms with van der Waals surface area (Å²) in [5, 5.41) is 22.3. The Morgan fingerprint density at radius 1 is 1.29 bits per heavy atom. The molecule has 6 heteroatoms. The average Bonchev–Trinajstić information content (AvgIpc) is 2.84. The van der Waals surface area contributed by atoms with Gasteiger partial charge in [-0.05, 0) is 24.6 Å². The third-order valence-corrected chi connectivity index (χ3v) is 3.57. The van der Waals surface area contributed by atoms with Crippen LogP contribution < -0.4 is 10.2 Å². The Morgan fingerprint density at radius 2 is 1.90 bits per heavy atom. The highest BCUT2D eigenvalue weighted by molar-refractivity contribution is 6.07. The van der Waals surface area contributed by atoms with Crippen molar-refractivity contribution in [1.82, 2.24) is 5.43 Å². The molecule has 0 aliphatic carbocycles. The number of nitriles is 2. The third-order valence-electron chi connectivity index (χ3n) is 3.57. The quantitative estimate of drug-likeness (QED) is 0.906. The van der Waals surface area contributed by atoms with Crippen molar-refractivity contribution in [2.24, 2.45) is 16.9 Å². The number of benzene rings is 1. The maximum Gasteiger partial charge on any atom is 0.249 e. The fourth-order valence-electron chi connectivity index (χ4n) is 2.49. The Labute approximate surface area is 122 Å². The molecule has 1 aromatic carbocycles. The van der Waals surface area contributed by atoms with Crippen LogP contribution in [0.3, 0.4) is 0 Å². The summed E-state index contributed by atoms with van der Waals surface area (Å²) in [6.45, 7) is 1.71. The SMILES string of the molecule is COc1ccc([C@@H](C(C#N)C#N)[C@@H]2C(=O)NN=C2C)cc1. The van der Waals surface area contributed by atoms with Gasteiger partial charge < -0.3 is 4.74 Å². The standard InChI is InChI=1S/C15H14N4O2/c1-9-13(15(20)19-18-9)14(11(7-16)8-17)10-3-5-12(21-2)6-4-10/h3-6,11,13-14H,1-2H3,(H,19,20)/t13-,14+/m1/s1. The summed E-state index contributed by atoms with van der Waals surface area (Å²) in [6.07, 6.45) is 0. The highest BCUT2D eigenvalue weighted by atomic mass is 16.5. The van der Waals surface area contributed by atoms with Crippen LogP contribution in [0.15, 0.2) is 29.4 Å². The predicted octanol–water partition coefficient (Wildman–Crippen LogP) is 1.56. The summed E-state index contributed by atoms with van der Waals surface area (Å²) < 4.78 is 5.10. The van der Waals surface area contributed by atoms with Gasteiger partial charge in [-0.25, -0.2) is 5.43 Å². The molecule has 1 amide bonds. The van der Waals surface area contributed by atoms with Crippen molar-refractivity contribution >= 4 is 11.6 Å². The van der Waals surface area contributed by atoms with Crippen LogP contribution in [0.5, 0.6) is 5.75 Å². The second-order valence-corrected chi connectivity index (χ2v) is 4.74. The molecule has 1 aliphatic rings. The lowest BCUT2D eigenvalue weighted by molar-refractivity contribution is -0.122. The van der Waals surface area contributed by atoms with E-state index >= 15 is 0 Å². The average molecular weight is 282 g/mol. The highest BCUT2D eigenvalue weighted by Gasteiger charge is 2.40. The Balaban J connectivity index is 2.46. The van der Waals surface area contributed by atoms with Crippen LogP contribution in [-0.2, 0) is 4.79 Å². The molecule has 0 aromatic heterocycles. The minimum atomic E-state index is -0.933. The number of carbonyl (C=O) groups excluding carboxylic acids is 1. The number of carbonyl (C=O) groups is 1. The molecular formula is C15H14N4O2. The Bertz CT molecular complexity index is 638. The van der Waals surface area contributed by atoms with Gasteiger partial charge in [-0.15, -0.1) is 0 Å². The first kappa shape index (κ1) is 14.5. The summed E-state index contributed by atoms with van der Waals surface area (Å²) in [4.78, 5) is 12.0.